The van der Waals surface area contributed by atoms with Crippen LogP contribution in [0.3, 0.4) is 0 Å². The fraction of sp³-hybridized carbons (Fsp3) is 0.860. The Bertz CT molecular complexity index is 1250. The number of allylic oxidation sites excluding steroid dienone is 5. The summed E-state index contributed by atoms with van der Waals surface area (Å²) in [5, 5.41) is 3.01. The van der Waals surface area contributed by atoms with E-state index in [1.165, 1.54) is 135 Å². The monoisotopic (exact) mass is 965 g/mol. The van der Waals surface area contributed by atoms with Gasteiger partial charge in [-0.1, -0.05) is 212 Å². The molecule has 3 unspecified atom stereocenters. The topological polar surface area (TPSA) is 114 Å². The summed E-state index contributed by atoms with van der Waals surface area (Å²) in [6.45, 7) is 6.80. The van der Waals surface area contributed by atoms with Crippen molar-refractivity contribution in [2.75, 3.05) is 40.9 Å². The molecule has 0 aliphatic rings. The highest BCUT2D eigenvalue weighted by Gasteiger charge is 2.27. The maximum atomic E-state index is 13.4. The average molecular weight is 965 g/mol. The van der Waals surface area contributed by atoms with E-state index in [-0.39, 0.29) is 24.9 Å². The van der Waals surface area contributed by atoms with Gasteiger partial charge in [0, 0.05) is 12.8 Å². The Morgan fingerprint density at radius 3 is 1.31 bits per heavy atom. The number of likely N-dealkylation sites (N-methyl/N-ethyl adjacent to an activating group) is 1. The summed E-state index contributed by atoms with van der Waals surface area (Å²) in [5.74, 6) is -0.552. The largest absolute Gasteiger partial charge is 0.756 e. The Kier molecular flexibility index (Phi) is 46.6. The van der Waals surface area contributed by atoms with Crippen molar-refractivity contribution in [2.45, 2.75) is 277 Å². The second kappa shape index (κ2) is 47.9. The van der Waals surface area contributed by atoms with Gasteiger partial charge in [0.15, 0.2) is 0 Å². The maximum Gasteiger partial charge on any atom is 0.306 e. The highest BCUT2D eigenvalue weighted by Crippen LogP contribution is 2.38. The van der Waals surface area contributed by atoms with Gasteiger partial charge in [0.05, 0.1) is 33.8 Å². The number of phosphoric acid groups is 1. The summed E-state index contributed by atoms with van der Waals surface area (Å²) in [5.41, 5.74) is 0. The minimum absolute atomic E-state index is 0.0234. The zero-order valence-corrected chi connectivity index (χ0v) is 45.8. The second-order valence-corrected chi connectivity index (χ2v) is 21.8. The van der Waals surface area contributed by atoms with Crippen molar-refractivity contribution in [1.82, 2.24) is 5.32 Å². The first-order valence-corrected chi connectivity index (χ1v) is 29.8. The van der Waals surface area contributed by atoms with Crippen LogP contribution in [0.1, 0.15) is 265 Å². The number of nitrogens with zero attached hydrogens (tertiary/aromatic N) is 1. The van der Waals surface area contributed by atoms with Crippen LogP contribution in [0.15, 0.2) is 36.5 Å². The van der Waals surface area contributed by atoms with Gasteiger partial charge in [0.2, 0.25) is 5.91 Å². The van der Waals surface area contributed by atoms with Crippen molar-refractivity contribution < 1.29 is 37.3 Å². The zero-order chi connectivity index (χ0) is 49.4. The number of unbranched alkanes of at least 4 members (excludes halogenated alkanes) is 31. The van der Waals surface area contributed by atoms with E-state index in [1.54, 1.807) is 0 Å². The Labute approximate surface area is 415 Å². The van der Waals surface area contributed by atoms with Crippen molar-refractivity contribution in [1.29, 1.82) is 0 Å². The molecule has 1 N–H and O–H groups in total. The van der Waals surface area contributed by atoms with Crippen LogP contribution in [0, 0.1) is 0 Å². The molecule has 0 heterocycles. The molecule has 10 heteroatoms. The number of quaternary nitrogens is 1. The van der Waals surface area contributed by atoms with Gasteiger partial charge < -0.3 is 28.5 Å². The first-order valence-electron chi connectivity index (χ1n) is 28.3. The molecular weight excluding hydrogens is 856 g/mol. The van der Waals surface area contributed by atoms with Crippen LogP contribution < -0.4 is 10.2 Å². The number of hydrogen-bond donors (Lipinski definition) is 1. The molecular formula is C57H109N2O7P. The first-order chi connectivity index (χ1) is 32.4. The second-order valence-electron chi connectivity index (χ2n) is 20.4. The summed E-state index contributed by atoms with van der Waals surface area (Å²) in [7, 11) is 1.18. The van der Waals surface area contributed by atoms with Gasteiger partial charge in [-0.05, 0) is 76.7 Å². The van der Waals surface area contributed by atoms with Gasteiger partial charge in [0.25, 0.3) is 7.82 Å². The Balaban J connectivity index is 5.35. The van der Waals surface area contributed by atoms with Crippen LogP contribution in [0.2, 0.25) is 0 Å². The maximum absolute atomic E-state index is 13.4. The van der Waals surface area contributed by atoms with E-state index < -0.39 is 26.6 Å². The molecule has 0 aliphatic carbocycles. The summed E-state index contributed by atoms with van der Waals surface area (Å²) < 4.78 is 30.2. The number of hydrogen-bond acceptors (Lipinski definition) is 7. The van der Waals surface area contributed by atoms with Gasteiger partial charge >= 0.3 is 5.97 Å². The average Bonchev–Trinajstić information content (AvgIpc) is 3.28. The van der Waals surface area contributed by atoms with Crippen molar-refractivity contribution in [3.8, 4) is 0 Å². The number of amides is 1. The van der Waals surface area contributed by atoms with Crippen LogP contribution in [-0.4, -0.2) is 69.4 Å². The van der Waals surface area contributed by atoms with E-state index in [4.69, 9.17) is 13.8 Å². The predicted molar refractivity (Wildman–Crippen MR) is 284 cm³/mol. The lowest BCUT2D eigenvalue weighted by Gasteiger charge is -2.30. The molecule has 9 nitrogen and oxygen atoms in total. The fourth-order valence-corrected chi connectivity index (χ4v) is 8.81. The molecule has 0 aromatic rings. The molecule has 67 heavy (non-hydrogen) atoms. The van der Waals surface area contributed by atoms with E-state index in [9.17, 15) is 19.0 Å². The van der Waals surface area contributed by atoms with Crippen LogP contribution in [0.4, 0.5) is 0 Å². The lowest BCUT2D eigenvalue weighted by Crippen LogP contribution is -2.47. The third kappa shape index (κ3) is 49.0. The van der Waals surface area contributed by atoms with Crippen molar-refractivity contribution in [3.05, 3.63) is 36.5 Å². The molecule has 0 rings (SSSR count). The molecule has 0 radical (unpaired) electrons. The SMILES string of the molecule is CCCC/C=C\CCCCCCCC(=O)NC(COP(=O)([O-])OCC[N+](C)(C)C)C(/C=C\CCCCCCCCCCCCC)OC(=O)CCCCCCCCC/C=C/CCCCCCCC. The molecule has 0 fully saturated rings. The van der Waals surface area contributed by atoms with Crippen LogP contribution in [0.5, 0.6) is 0 Å². The number of carbonyl (C=O) groups excluding carboxylic acids is 2. The van der Waals surface area contributed by atoms with Gasteiger partial charge in [-0.2, -0.15) is 0 Å². The highest BCUT2D eigenvalue weighted by molar-refractivity contribution is 7.45. The predicted octanol–water partition coefficient (Wildman–Crippen LogP) is 16.1. The molecule has 0 aromatic carbocycles. The minimum Gasteiger partial charge on any atom is -0.756 e. The summed E-state index contributed by atoms with van der Waals surface area (Å²) in [4.78, 5) is 39.8. The van der Waals surface area contributed by atoms with Crippen molar-refractivity contribution in [2.24, 2.45) is 0 Å². The van der Waals surface area contributed by atoms with E-state index in [2.05, 4.69) is 50.4 Å². The Hall–Kier alpha value is -1.77. The van der Waals surface area contributed by atoms with E-state index in [0.717, 1.165) is 96.3 Å². The third-order valence-corrected chi connectivity index (χ3v) is 13.5. The lowest BCUT2D eigenvalue weighted by atomic mass is 10.0. The number of nitrogens with one attached hydrogen (secondary N) is 1. The Morgan fingerprint density at radius 2 is 0.881 bits per heavy atom. The van der Waals surface area contributed by atoms with Crippen LogP contribution in [-0.2, 0) is 27.9 Å². The summed E-state index contributed by atoms with van der Waals surface area (Å²) in [6.07, 6.45) is 55.3. The molecule has 0 saturated heterocycles. The number of phosphoric ester groups is 1. The molecule has 0 aliphatic heterocycles. The van der Waals surface area contributed by atoms with Gasteiger partial charge in [-0.15, -0.1) is 0 Å². The minimum atomic E-state index is -4.69. The zero-order valence-electron chi connectivity index (χ0n) is 44.9. The third-order valence-electron chi connectivity index (χ3n) is 12.5. The standard InChI is InChI=1S/C57H109N2O7P/c1-7-10-13-16-19-22-25-27-28-29-30-32-35-38-41-44-47-50-57(61)66-55(48-45-42-39-36-34-31-26-23-20-17-14-11-8-2)54(53-65-67(62,63)64-52-51-59(4,5)6)58-56(60)49-46-43-40-37-33-24-21-18-15-12-9-3/h18,21,27-28,45,48,54-55H,7-17,19-20,22-26,29-44,46-47,49-53H2,1-6H3,(H-,58,60,62,63)/b21-18-,28-27+,48-45-. The summed E-state index contributed by atoms with van der Waals surface area (Å²) >= 11 is 0. The van der Waals surface area contributed by atoms with Crippen molar-refractivity contribution in [3.63, 3.8) is 0 Å². The highest BCUT2D eigenvalue weighted by atomic mass is 31.2. The first kappa shape index (κ1) is 65.2. The quantitative estimate of drug-likeness (QED) is 0.0212. The molecule has 3 atom stereocenters. The molecule has 0 saturated carbocycles. The molecule has 394 valence electrons. The van der Waals surface area contributed by atoms with E-state index in [1.807, 2.05) is 33.3 Å². The Morgan fingerprint density at radius 1 is 0.507 bits per heavy atom. The van der Waals surface area contributed by atoms with Gasteiger partial charge in [0.1, 0.15) is 19.3 Å². The number of carbonyl (C=O) groups is 2. The number of rotatable bonds is 51. The van der Waals surface area contributed by atoms with E-state index >= 15 is 0 Å². The molecule has 0 aromatic heterocycles. The summed E-state index contributed by atoms with van der Waals surface area (Å²) in [6, 6.07) is -0.890. The van der Waals surface area contributed by atoms with Crippen molar-refractivity contribution >= 4 is 19.7 Å². The van der Waals surface area contributed by atoms with Crippen LogP contribution in [0.25, 0.3) is 0 Å². The normalized spacial score (nSPS) is 14.1. The van der Waals surface area contributed by atoms with Gasteiger partial charge in [-0.3, -0.25) is 14.2 Å². The smallest absolute Gasteiger partial charge is 0.306 e. The molecule has 0 bridgehead atoms. The molecule has 1 amide bonds. The number of ether oxygens (including phenoxy) is 1. The van der Waals surface area contributed by atoms with Crippen LogP contribution >= 0.6 is 7.82 Å². The van der Waals surface area contributed by atoms with E-state index in [0.29, 0.717) is 17.4 Å². The lowest BCUT2D eigenvalue weighted by molar-refractivity contribution is -0.870. The van der Waals surface area contributed by atoms with Gasteiger partial charge in [-0.25, -0.2) is 0 Å². The number of esters is 1. The fourth-order valence-electron chi connectivity index (χ4n) is 8.09. The molecule has 0 spiro atoms.